The van der Waals surface area contributed by atoms with Gasteiger partial charge in [-0.1, -0.05) is 91.8 Å². The molecule has 0 aliphatic rings. The highest BCUT2D eigenvalue weighted by molar-refractivity contribution is 5.45. The molecule has 0 atom stereocenters. The Labute approximate surface area is 212 Å². The largest absolute Gasteiger partial charge is 0.489 e. The predicted octanol–water partition coefficient (Wildman–Crippen LogP) is 7.43. The van der Waals surface area contributed by atoms with Gasteiger partial charge in [-0.25, -0.2) is 9.13 Å². The molecule has 0 spiro atoms. The summed E-state index contributed by atoms with van der Waals surface area (Å²) in [6, 6.07) is 13.1. The molecule has 2 aromatic carbocycles. The Bertz CT molecular complexity index is 943. The van der Waals surface area contributed by atoms with Gasteiger partial charge in [-0.3, -0.25) is 0 Å². The van der Waals surface area contributed by atoms with Gasteiger partial charge in [-0.2, -0.15) is 0 Å². The maximum Gasteiger partial charge on any atom is 0.244 e. The van der Waals surface area contributed by atoms with Crippen LogP contribution in [0.3, 0.4) is 0 Å². The lowest BCUT2D eigenvalue weighted by Gasteiger charge is -2.19. The van der Waals surface area contributed by atoms with E-state index in [2.05, 4.69) is 120 Å². The lowest BCUT2D eigenvalue weighted by molar-refractivity contribution is -0.697. The fraction of sp³-hybridized carbons (Fsp3) is 0.516. The first-order valence-electron chi connectivity index (χ1n) is 13.2. The van der Waals surface area contributed by atoms with Crippen molar-refractivity contribution in [3.8, 4) is 11.5 Å². The molecule has 0 radical (unpaired) electrons. The zero-order chi connectivity index (χ0) is 25.5. The summed E-state index contributed by atoms with van der Waals surface area (Å²) < 4.78 is 17.1. The summed E-state index contributed by atoms with van der Waals surface area (Å²) in [4.78, 5) is 0. The molecule has 3 aromatic rings. The fourth-order valence-corrected chi connectivity index (χ4v) is 4.51. The topological polar surface area (TPSA) is 27.3 Å². The third-order valence-corrected chi connectivity index (χ3v) is 6.58. The van der Waals surface area contributed by atoms with E-state index >= 15 is 0 Å². The molecule has 0 unspecified atom stereocenters. The summed E-state index contributed by atoms with van der Waals surface area (Å²) in [7, 11) is 0. The molecule has 4 nitrogen and oxygen atoms in total. The second kappa shape index (κ2) is 12.3. The van der Waals surface area contributed by atoms with Gasteiger partial charge >= 0.3 is 0 Å². The van der Waals surface area contributed by atoms with Gasteiger partial charge in [-0.15, -0.1) is 0 Å². The Kier molecular flexibility index (Phi) is 9.42. The second-order valence-corrected chi connectivity index (χ2v) is 10.7. The van der Waals surface area contributed by atoms with Crippen LogP contribution in [0.4, 0.5) is 0 Å². The number of hydrogen-bond donors (Lipinski definition) is 0. The molecule has 190 valence electrons. The van der Waals surface area contributed by atoms with Crippen molar-refractivity contribution in [3.63, 3.8) is 0 Å². The van der Waals surface area contributed by atoms with E-state index in [1.807, 2.05) is 0 Å². The molecule has 1 aromatic heterocycles. The van der Waals surface area contributed by atoms with Crippen molar-refractivity contribution in [1.29, 1.82) is 0 Å². The quantitative estimate of drug-likeness (QED) is 0.254. The Balaban J connectivity index is 1.59. The molecule has 1 heterocycles. The van der Waals surface area contributed by atoms with Crippen LogP contribution in [0.15, 0.2) is 55.1 Å². The Hall–Kier alpha value is -2.75. The van der Waals surface area contributed by atoms with Crippen LogP contribution in [0, 0.1) is 0 Å². The number of nitrogens with zero attached hydrogens (tertiary/aromatic N) is 2. The van der Waals surface area contributed by atoms with Crippen molar-refractivity contribution in [2.24, 2.45) is 0 Å². The van der Waals surface area contributed by atoms with E-state index < -0.39 is 0 Å². The molecule has 0 aliphatic heterocycles. The summed E-state index contributed by atoms with van der Waals surface area (Å²) in [6.45, 7) is 20.7. The van der Waals surface area contributed by atoms with Crippen LogP contribution in [0.5, 0.6) is 11.5 Å². The number of aromatic nitrogens is 2. The van der Waals surface area contributed by atoms with Gasteiger partial charge in [0, 0.05) is 0 Å². The number of imidazole rings is 1. The molecule has 0 bridgehead atoms. The molecule has 0 aliphatic carbocycles. The van der Waals surface area contributed by atoms with Crippen LogP contribution in [-0.4, -0.2) is 17.8 Å². The highest BCUT2D eigenvalue weighted by Crippen LogP contribution is 2.35. The van der Waals surface area contributed by atoms with Crippen LogP contribution in [-0.2, 0) is 13.1 Å². The zero-order valence-electron chi connectivity index (χ0n) is 23.0. The van der Waals surface area contributed by atoms with Crippen LogP contribution in [0.1, 0.15) is 101 Å². The van der Waals surface area contributed by atoms with Crippen LogP contribution >= 0.6 is 0 Å². The molecule has 35 heavy (non-hydrogen) atoms. The number of ether oxygens (including phenoxy) is 2. The summed E-state index contributed by atoms with van der Waals surface area (Å²) in [5.74, 6) is 3.89. The highest BCUT2D eigenvalue weighted by Gasteiger charge is 2.17. The Morgan fingerprint density at radius 1 is 0.657 bits per heavy atom. The van der Waals surface area contributed by atoms with Gasteiger partial charge in [0.05, 0.1) is 0 Å². The van der Waals surface area contributed by atoms with Crippen LogP contribution < -0.4 is 14.0 Å². The summed E-state index contributed by atoms with van der Waals surface area (Å²) >= 11 is 0. The van der Waals surface area contributed by atoms with E-state index in [0.29, 0.717) is 36.9 Å². The first-order chi connectivity index (χ1) is 16.7. The number of para-hydroxylation sites is 2. The Morgan fingerprint density at radius 3 is 1.51 bits per heavy atom. The van der Waals surface area contributed by atoms with E-state index in [4.69, 9.17) is 9.47 Å². The fourth-order valence-electron chi connectivity index (χ4n) is 4.51. The number of rotatable bonds is 12. The van der Waals surface area contributed by atoms with Crippen molar-refractivity contribution in [2.75, 3.05) is 13.2 Å². The molecule has 0 amide bonds. The molecule has 0 saturated carbocycles. The SMILES string of the molecule is CC(C)c1cccc(C(C)C)c1OCCn1cc[n+](CCOc2c(C(C)C)cccc2C(C)C)c1. The minimum Gasteiger partial charge on any atom is -0.489 e. The van der Waals surface area contributed by atoms with Gasteiger partial charge in [0.15, 0.2) is 0 Å². The monoisotopic (exact) mass is 477 g/mol. The molecule has 0 fully saturated rings. The molecule has 0 saturated heterocycles. The van der Waals surface area contributed by atoms with Crippen molar-refractivity contribution < 1.29 is 14.0 Å². The van der Waals surface area contributed by atoms with E-state index in [0.717, 1.165) is 24.6 Å². The summed E-state index contributed by atoms with van der Waals surface area (Å²) in [6.07, 6.45) is 6.37. The van der Waals surface area contributed by atoms with E-state index in [1.165, 1.54) is 22.3 Å². The number of benzene rings is 2. The third kappa shape index (κ3) is 6.90. The predicted molar refractivity (Wildman–Crippen MR) is 145 cm³/mol. The van der Waals surface area contributed by atoms with Gasteiger partial charge < -0.3 is 9.47 Å². The Morgan fingerprint density at radius 2 is 1.09 bits per heavy atom. The van der Waals surface area contributed by atoms with Crippen molar-refractivity contribution in [3.05, 3.63) is 77.4 Å². The lowest BCUT2D eigenvalue weighted by Crippen LogP contribution is -2.34. The molecule has 4 heteroatoms. The molecule has 3 rings (SSSR count). The maximum atomic E-state index is 6.36. The second-order valence-electron chi connectivity index (χ2n) is 10.7. The average molecular weight is 478 g/mol. The molecule has 0 N–H and O–H groups in total. The maximum absolute atomic E-state index is 6.36. The van der Waals surface area contributed by atoms with Gasteiger partial charge in [0.2, 0.25) is 6.33 Å². The van der Waals surface area contributed by atoms with Crippen LogP contribution in [0.2, 0.25) is 0 Å². The van der Waals surface area contributed by atoms with Gasteiger partial charge in [0.25, 0.3) is 0 Å². The molecular formula is C31H45N2O2+. The minimum absolute atomic E-state index is 0.439. The minimum atomic E-state index is 0.439. The van der Waals surface area contributed by atoms with Crippen molar-refractivity contribution in [1.82, 2.24) is 4.57 Å². The zero-order valence-corrected chi connectivity index (χ0v) is 23.0. The first-order valence-corrected chi connectivity index (χ1v) is 13.2. The standard InChI is InChI=1S/C31H45N2O2/c1-22(2)26-11-9-12-27(23(3)4)30(26)34-19-17-32-15-16-33(21-32)18-20-35-31-28(24(5)6)13-10-14-29(31)25(7)8/h9-16,21-25H,17-20H2,1-8H3/q+1. The number of hydrogen-bond acceptors (Lipinski definition) is 2. The van der Waals surface area contributed by atoms with E-state index in [9.17, 15) is 0 Å². The summed E-state index contributed by atoms with van der Waals surface area (Å²) in [5, 5.41) is 0. The third-order valence-electron chi connectivity index (χ3n) is 6.58. The first kappa shape index (κ1) is 26.8. The lowest BCUT2D eigenvalue weighted by atomic mass is 9.94. The van der Waals surface area contributed by atoms with E-state index in [-0.39, 0.29) is 0 Å². The van der Waals surface area contributed by atoms with Crippen molar-refractivity contribution in [2.45, 2.75) is 92.2 Å². The van der Waals surface area contributed by atoms with Crippen LogP contribution in [0.25, 0.3) is 0 Å². The summed E-state index contributed by atoms with van der Waals surface area (Å²) in [5.41, 5.74) is 5.16. The smallest absolute Gasteiger partial charge is 0.244 e. The van der Waals surface area contributed by atoms with Gasteiger partial charge in [0.1, 0.15) is 50.2 Å². The molecular weight excluding hydrogens is 432 g/mol. The highest BCUT2D eigenvalue weighted by atomic mass is 16.5. The van der Waals surface area contributed by atoms with Gasteiger partial charge in [-0.05, 0) is 45.9 Å². The normalized spacial score (nSPS) is 11.8. The average Bonchev–Trinajstić information content (AvgIpc) is 3.26. The van der Waals surface area contributed by atoms with Crippen molar-refractivity contribution >= 4 is 0 Å². The van der Waals surface area contributed by atoms with E-state index in [1.54, 1.807) is 0 Å².